The molecule has 1 aromatic carbocycles. The molecule has 0 saturated carbocycles. The highest BCUT2D eigenvalue weighted by atomic mass is 15.2. The lowest BCUT2D eigenvalue weighted by Crippen LogP contribution is -2.17. The second kappa shape index (κ2) is 3.87. The van der Waals surface area contributed by atoms with Crippen molar-refractivity contribution in [2.24, 2.45) is 0 Å². The number of hydrogen-bond donors (Lipinski definition) is 0. The van der Waals surface area contributed by atoms with Crippen molar-refractivity contribution in [2.45, 2.75) is 13.1 Å². The Balaban J connectivity index is 1.97. The standard InChI is InChI=1S/C13H10N4/c14-7-12-13(16-6-5-15-12)17-8-10-3-1-2-4-11(10)9-17/h1-6H,8-9H2. The Morgan fingerprint density at radius 3 is 2.35 bits per heavy atom. The topological polar surface area (TPSA) is 52.8 Å². The molecule has 0 spiro atoms. The third-order valence-corrected chi connectivity index (χ3v) is 2.93. The van der Waals surface area contributed by atoms with E-state index in [9.17, 15) is 0 Å². The molecule has 0 amide bonds. The van der Waals surface area contributed by atoms with E-state index < -0.39 is 0 Å². The summed E-state index contributed by atoms with van der Waals surface area (Å²) >= 11 is 0. The zero-order chi connectivity index (χ0) is 11.7. The maximum Gasteiger partial charge on any atom is 0.183 e. The fourth-order valence-electron chi connectivity index (χ4n) is 2.12. The minimum atomic E-state index is 0.389. The third kappa shape index (κ3) is 1.62. The van der Waals surface area contributed by atoms with E-state index in [2.05, 4.69) is 33.1 Å². The highest BCUT2D eigenvalue weighted by Crippen LogP contribution is 2.27. The molecule has 0 bridgehead atoms. The van der Waals surface area contributed by atoms with E-state index in [1.165, 1.54) is 11.1 Å². The van der Waals surface area contributed by atoms with Crippen LogP contribution in [0.1, 0.15) is 16.8 Å². The van der Waals surface area contributed by atoms with E-state index in [0.717, 1.165) is 13.1 Å². The molecule has 3 rings (SSSR count). The van der Waals surface area contributed by atoms with Crippen molar-refractivity contribution in [1.82, 2.24) is 9.97 Å². The predicted octanol–water partition coefficient (Wildman–Crippen LogP) is 1.87. The van der Waals surface area contributed by atoms with Gasteiger partial charge in [0.1, 0.15) is 6.07 Å². The number of anilines is 1. The largest absolute Gasteiger partial charge is 0.346 e. The molecular formula is C13H10N4. The molecule has 0 fully saturated rings. The van der Waals surface area contributed by atoms with Gasteiger partial charge in [0.25, 0.3) is 0 Å². The number of nitrogens with zero attached hydrogens (tertiary/aromatic N) is 4. The first-order valence-electron chi connectivity index (χ1n) is 5.41. The fourth-order valence-corrected chi connectivity index (χ4v) is 2.12. The van der Waals surface area contributed by atoms with Gasteiger partial charge in [0.05, 0.1) is 0 Å². The minimum Gasteiger partial charge on any atom is -0.346 e. The van der Waals surface area contributed by atoms with Gasteiger partial charge in [-0.2, -0.15) is 5.26 Å². The van der Waals surface area contributed by atoms with Crippen LogP contribution in [0.15, 0.2) is 36.7 Å². The molecule has 0 N–H and O–H groups in total. The molecule has 1 aliphatic rings. The lowest BCUT2D eigenvalue weighted by atomic mass is 10.1. The second-order valence-corrected chi connectivity index (χ2v) is 3.97. The highest BCUT2D eigenvalue weighted by Gasteiger charge is 2.21. The first-order chi connectivity index (χ1) is 8.38. The Bertz CT molecular complexity index is 575. The van der Waals surface area contributed by atoms with Crippen molar-refractivity contribution in [1.29, 1.82) is 5.26 Å². The first kappa shape index (κ1) is 9.79. The van der Waals surface area contributed by atoms with E-state index in [1.807, 2.05) is 12.1 Å². The Labute approximate surface area is 99.2 Å². The summed E-state index contributed by atoms with van der Waals surface area (Å²) in [7, 11) is 0. The van der Waals surface area contributed by atoms with E-state index in [4.69, 9.17) is 5.26 Å². The Hall–Kier alpha value is -2.41. The molecule has 0 radical (unpaired) electrons. The van der Waals surface area contributed by atoms with Crippen LogP contribution in [0, 0.1) is 11.3 Å². The zero-order valence-corrected chi connectivity index (χ0v) is 9.17. The number of hydrogen-bond acceptors (Lipinski definition) is 4. The van der Waals surface area contributed by atoms with Gasteiger partial charge in [0.2, 0.25) is 0 Å². The molecule has 82 valence electrons. The Kier molecular flexibility index (Phi) is 2.23. The van der Waals surface area contributed by atoms with Gasteiger partial charge in [0, 0.05) is 25.5 Å². The van der Waals surface area contributed by atoms with E-state index in [1.54, 1.807) is 12.4 Å². The van der Waals surface area contributed by atoms with Crippen LogP contribution in [0.3, 0.4) is 0 Å². The summed E-state index contributed by atoms with van der Waals surface area (Å²) in [5.41, 5.74) is 2.98. The van der Waals surface area contributed by atoms with Crippen molar-refractivity contribution >= 4 is 5.82 Å². The molecule has 0 saturated heterocycles. The monoisotopic (exact) mass is 222 g/mol. The molecule has 1 aliphatic heterocycles. The summed E-state index contributed by atoms with van der Waals surface area (Å²) in [6, 6.07) is 10.4. The van der Waals surface area contributed by atoms with Gasteiger partial charge in [-0.1, -0.05) is 24.3 Å². The quantitative estimate of drug-likeness (QED) is 0.739. The van der Waals surface area contributed by atoms with Crippen LogP contribution in [0.2, 0.25) is 0 Å². The smallest absolute Gasteiger partial charge is 0.183 e. The van der Waals surface area contributed by atoms with Gasteiger partial charge >= 0.3 is 0 Å². The normalized spacial score (nSPS) is 13.2. The van der Waals surface area contributed by atoms with Gasteiger partial charge in [-0.25, -0.2) is 9.97 Å². The molecule has 0 atom stereocenters. The van der Waals surface area contributed by atoms with Crippen LogP contribution in [0.4, 0.5) is 5.82 Å². The van der Waals surface area contributed by atoms with Crippen molar-refractivity contribution in [2.75, 3.05) is 4.90 Å². The van der Waals surface area contributed by atoms with Crippen molar-refractivity contribution < 1.29 is 0 Å². The average molecular weight is 222 g/mol. The van der Waals surface area contributed by atoms with Crippen molar-refractivity contribution in [3.05, 3.63) is 53.5 Å². The van der Waals surface area contributed by atoms with Crippen LogP contribution in [-0.4, -0.2) is 9.97 Å². The summed E-state index contributed by atoms with van der Waals surface area (Å²) in [5.74, 6) is 0.672. The predicted molar refractivity (Wildman–Crippen MR) is 63.1 cm³/mol. The average Bonchev–Trinajstić information content (AvgIpc) is 2.82. The summed E-state index contributed by atoms with van der Waals surface area (Å²) in [4.78, 5) is 10.4. The fraction of sp³-hybridized carbons (Fsp3) is 0.154. The van der Waals surface area contributed by atoms with Gasteiger partial charge in [0.15, 0.2) is 11.5 Å². The number of benzene rings is 1. The van der Waals surface area contributed by atoms with Crippen molar-refractivity contribution in [3.8, 4) is 6.07 Å². The number of fused-ring (bicyclic) bond motifs is 1. The molecule has 4 heteroatoms. The molecule has 4 nitrogen and oxygen atoms in total. The molecule has 0 unspecified atom stereocenters. The van der Waals surface area contributed by atoms with Crippen molar-refractivity contribution in [3.63, 3.8) is 0 Å². The summed E-state index contributed by atoms with van der Waals surface area (Å²) in [6.45, 7) is 1.59. The van der Waals surface area contributed by atoms with Crippen LogP contribution >= 0.6 is 0 Å². The molecular weight excluding hydrogens is 212 g/mol. The first-order valence-corrected chi connectivity index (χ1v) is 5.41. The second-order valence-electron chi connectivity index (χ2n) is 3.97. The SMILES string of the molecule is N#Cc1nccnc1N1Cc2ccccc2C1. The van der Waals surface area contributed by atoms with Crippen LogP contribution < -0.4 is 4.90 Å². The van der Waals surface area contributed by atoms with E-state index >= 15 is 0 Å². The number of nitriles is 1. The van der Waals surface area contributed by atoms with Crippen LogP contribution in [-0.2, 0) is 13.1 Å². The van der Waals surface area contributed by atoms with Gasteiger partial charge in [-0.15, -0.1) is 0 Å². The van der Waals surface area contributed by atoms with E-state index in [-0.39, 0.29) is 0 Å². The summed E-state index contributed by atoms with van der Waals surface area (Å²) in [5, 5.41) is 9.02. The lowest BCUT2D eigenvalue weighted by molar-refractivity contribution is 0.846. The highest BCUT2D eigenvalue weighted by molar-refractivity contribution is 5.53. The maximum atomic E-state index is 9.02. The Morgan fingerprint density at radius 2 is 1.71 bits per heavy atom. The third-order valence-electron chi connectivity index (χ3n) is 2.93. The number of aromatic nitrogens is 2. The molecule has 17 heavy (non-hydrogen) atoms. The minimum absolute atomic E-state index is 0.389. The van der Waals surface area contributed by atoms with Gasteiger partial charge < -0.3 is 4.90 Å². The molecule has 2 heterocycles. The van der Waals surface area contributed by atoms with Gasteiger partial charge in [-0.3, -0.25) is 0 Å². The van der Waals surface area contributed by atoms with Gasteiger partial charge in [-0.05, 0) is 11.1 Å². The molecule has 1 aromatic heterocycles. The Morgan fingerprint density at radius 1 is 1.06 bits per heavy atom. The summed E-state index contributed by atoms with van der Waals surface area (Å²) in [6.07, 6.45) is 3.17. The van der Waals surface area contributed by atoms with Crippen LogP contribution in [0.5, 0.6) is 0 Å². The van der Waals surface area contributed by atoms with E-state index in [0.29, 0.717) is 11.5 Å². The van der Waals surface area contributed by atoms with Crippen LogP contribution in [0.25, 0.3) is 0 Å². The molecule has 0 aliphatic carbocycles. The zero-order valence-electron chi connectivity index (χ0n) is 9.17. The number of rotatable bonds is 1. The summed E-state index contributed by atoms with van der Waals surface area (Å²) < 4.78 is 0. The molecule has 2 aromatic rings. The maximum absolute atomic E-state index is 9.02. The lowest BCUT2D eigenvalue weighted by Gasteiger charge is -2.16.